The maximum absolute atomic E-state index is 13.3. The fourth-order valence-electron chi connectivity index (χ4n) is 9.83. The third-order valence-corrected chi connectivity index (χ3v) is 14.0. The number of aromatic nitrogens is 6. The van der Waals surface area contributed by atoms with E-state index in [1.165, 1.54) is 13.3 Å². The Kier molecular flexibility index (Phi) is 16.9. The minimum atomic E-state index is -0.123. The Hall–Kier alpha value is -8.47. The summed E-state index contributed by atoms with van der Waals surface area (Å²) in [4.78, 5) is 53.2. The average Bonchev–Trinajstić information content (AvgIpc) is 4.07. The van der Waals surface area contributed by atoms with Crippen LogP contribution in [-0.2, 0) is 19.8 Å². The lowest BCUT2D eigenvalue weighted by Gasteiger charge is -2.25. The summed E-state index contributed by atoms with van der Waals surface area (Å²) in [5, 5.41) is 55.5. The highest BCUT2D eigenvalue weighted by atomic mass is 79.9. The van der Waals surface area contributed by atoms with Crippen molar-refractivity contribution in [2.24, 2.45) is 0 Å². The Balaban J connectivity index is 0.000000152. The van der Waals surface area contributed by atoms with Crippen molar-refractivity contribution >= 4 is 66.4 Å². The topological polar surface area (TPSA) is 240 Å². The number of halogens is 1. The van der Waals surface area contributed by atoms with Crippen LogP contribution in [0.25, 0.3) is 50.2 Å². The predicted molar refractivity (Wildman–Crippen MR) is 292 cm³/mol. The lowest BCUT2D eigenvalue weighted by atomic mass is 10.1. The fourth-order valence-corrected chi connectivity index (χ4v) is 10.1. The Morgan fingerprint density at radius 3 is 1.17 bits per heavy atom. The summed E-state index contributed by atoms with van der Waals surface area (Å²) in [5.41, 5.74) is 14.7. The number of likely N-dealkylation sites (tertiary alicyclic amines) is 1. The molecule has 382 valence electrons. The molecule has 0 atom stereocenters. The minimum Gasteiger partial charge on any atom is -0.392 e. The van der Waals surface area contributed by atoms with Gasteiger partial charge in [0.15, 0.2) is 17.3 Å². The monoisotopic (exact) mass is 1080 g/mol. The number of nitriles is 3. The van der Waals surface area contributed by atoms with Crippen molar-refractivity contribution in [3.05, 3.63) is 177 Å². The number of piperidine rings is 1. The first-order valence-electron chi connectivity index (χ1n) is 24.5. The predicted octanol–water partition coefficient (Wildman–Crippen LogP) is 9.54. The standard InChI is InChI=1S/C23H24N4O2.C18H14BrN3O2.C18H15N3O2/c1-16-22(21(29)14-26-9-3-2-4-10-26)23-20(11-18(15-28)13-25-23)27(16)19-7-5-17(12-24)6-8-19;1-11-17(16(24)7-19)18-15(6-13(10-23)9-21-18)22(11)14-4-2-12(8-20)3-5-14;1-11-17(12(2)23)18-16(7-14(10-22)9-20-18)21(11)15-5-3-13(8-19)4-6-15/h5-8,11,13,28H,2-4,9-10,14-15H2,1H3;2-6,9,23H,7,10H2,1H3;3-7,9,22H,10H2,1-2H3. The van der Waals surface area contributed by atoms with Crippen LogP contribution < -0.4 is 0 Å². The second kappa shape index (κ2) is 23.8. The van der Waals surface area contributed by atoms with Crippen LogP contribution in [0.3, 0.4) is 0 Å². The Morgan fingerprint density at radius 1 is 0.526 bits per heavy atom. The van der Waals surface area contributed by atoms with Gasteiger partial charge in [-0.2, -0.15) is 15.8 Å². The van der Waals surface area contributed by atoms with Crippen molar-refractivity contribution < 1.29 is 29.7 Å². The van der Waals surface area contributed by atoms with Gasteiger partial charge in [-0.1, -0.05) is 22.4 Å². The van der Waals surface area contributed by atoms with Gasteiger partial charge >= 0.3 is 0 Å². The Morgan fingerprint density at radius 2 is 0.855 bits per heavy atom. The number of aliphatic hydroxyl groups is 3. The number of carbonyl (C=O) groups is 3. The van der Waals surface area contributed by atoms with E-state index in [0.29, 0.717) is 73.2 Å². The minimum absolute atomic E-state index is 0.0471. The molecule has 1 aliphatic heterocycles. The Labute approximate surface area is 447 Å². The molecule has 1 aliphatic rings. The zero-order valence-corrected chi connectivity index (χ0v) is 44.0. The molecule has 7 heterocycles. The summed E-state index contributed by atoms with van der Waals surface area (Å²) in [7, 11) is 0. The van der Waals surface area contributed by atoms with E-state index in [0.717, 1.165) is 76.6 Å². The normalized spacial score (nSPS) is 12.3. The summed E-state index contributed by atoms with van der Waals surface area (Å²) in [6, 6.07) is 33.4. The molecule has 0 spiro atoms. The summed E-state index contributed by atoms with van der Waals surface area (Å²) in [6.45, 7) is 9.16. The number of fused-ring (bicyclic) bond motifs is 3. The lowest BCUT2D eigenvalue weighted by Crippen LogP contribution is -2.34. The number of ketones is 3. The van der Waals surface area contributed by atoms with E-state index in [1.807, 2.05) is 89.1 Å². The molecule has 0 saturated carbocycles. The average molecular weight is 1080 g/mol. The van der Waals surface area contributed by atoms with E-state index in [4.69, 9.17) is 15.8 Å². The second-order valence-corrected chi connectivity index (χ2v) is 18.9. The molecule has 3 N–H and O–H groups in total. The van der Waals surface area contributed by atoms with Crippen molar-refractivity contribution in [3.63, 3.8) is 0 Å². The molecule has 6 aromatic heterocycles. The molecule has 17 heteroatoms. The van der Waals surface area contributed by atoms with E-state index in [-0.39, 0.29) is 42.5 Å². The van der Waals surface area contributed by atoms with Crippen molar-refractivity contribution in [2.75, 3.05) is 25.0 Å². The van der Waals surface area contributed by atoms with Gasteiger partial charge in [0.1, 0.15) is 0 Å². The molecule has 16 nitrogen and oxygen atoms in total. The molecule has 0 bridgehead atoms. The van der Waals surface area contributed by atoms with Gasteiger partial charge < -0.3 is 29.0 Å². The van der Waals surface area contributed by atoms with Crippen LogP contribution in [-0.4, -0.2) is 91.2 Å². The molecule has 3 aromatic carbocycles. The molecule has 0 aliphatic carbocycles. The first kappa shape index (κ1) is 53.8. The smallest absolute Gasteiger partial charge is 0.180 e. The van der Waals surface area contributed by atoms with Crippen molar-refractivity contribution in [2.45, 2.75) is 66.8 Å². The Bertz CT molecular complexity index is 3790. The SMILES string of the molecule is CC(=O)c1c(C)n(-c2ccc(C#N)cc2)c2cc(CO)cnc12.Cc1c(C(=O)CBr)c2ncc(CO)cc2n1-c1ccc(C#N)cc1.Cc1c(C(=O)CN2CCCCC2)c2ncc(CO)cc2n1-c1ccc(C#N)cc1. The summed E-state index contributed by atoms with van der Waals surface area (Å²) in [6.07, 6.45) is 8.29. The van der Waals surface area contributed by atoms with Crippen LogP contribution in [0.1, 0.15) is 108 Å². The quantitative estimate of drug-likeness (QED) is 0.0764. The third-order valence-electron chi connectivity index (χ3n) is 13.5. The largest absolute Gasteiger partial charge is 0.392 e. The maximum atomic E-state index is 13.3. The number of hydrogen-bond donors (Lipinski definition) is 3. The molecule has 0 radical (unpaired) electrons. The zero-order valence-electron chi connectivity index (χ0n) is 42.4. The first-order valence-corrected chi connectivity index (χ1v) is 25.6. The van der Waals surface area contributed by atoms with Gasteiger partial charge in [-0.15, -0.1) is 0 Å². The van der Waals surface area contributed by atoms with Gasteiger partial charge in [0.25, 0.3) is 0 Å². The highest BCUT2D eigenvalue weighted by Gasteiger charge is 2.26. The summed E-state index contributed by atoms with van der Waals surface area (Å²) in [5.74, 6) is -0.0238. The number of alkyl halides is 1. The molecule has 0 unspecified atom stereocenters. The van der Waals surface area contributed by atoms with Crippen molar-refractivity contribution in [3.8, 4) is 35.3 Å². The highest BCUT2D eigenvalue weighted by Crippen LogP contribution is 2.33. The van der Waals surface area contributed by atoms with E-state index >= 15 is 0 Å². The number of pyridine rings is 3. The molecular formula is C59H53BrN10O6. The number of benzene rings is 3. The number of Topliss-reactive ketones (excluding diaryl/α,β-unsaturated/α-hetero) is 3. The number of hydrogen-bond acceptors (Lipinski definition) is 13. The van der Waals surface area contributed by atoms with Gasteiger partial charge in [-0.25, -0.2) is 0 Å². The van der Waals surface area contributed by atoms with Crippen LogP contribution in [0.2, 0.25) is 0 Å². The first-order chi connectivity index (χ1) is 36.8. The zero-order chi connectivity index (χ0) is 54.2. The number of carbonyl (C=O) groups excluding carboxylic acids is 3. The van der Waals surface area contributed by atoms with Gasteiger partial charge in [-0.3, -0.25) is 34.2 Å². The van der Waals surface area contributed by atoms with Crippen LogP contribution >= 0.6 is 15.9 Å². The van der Waals surface area contributed by atoms with Gasteiger partial charge in [-0.05, 0) is 161 Å². The number of nitrogens with zero attached hydrogens (tertiary/aromatic N) is 10. The number of aliphatic hydroxyl groups excluding tert-OH is 3. The maximum Gasteiger partial charge on any atom is 0.180 e. The van der Waals surface area contributed by atoms with Crippen LogP contribution in [0.4, 0.5) is 0 Å². The van der Waals surface area contributed by atoms with E-state index in [1.54, 1.807) is 55.0 Å². The molecule has 76 heavy (non-hydrogen) atoms. The summed E-state index contributed by atoms with van der Waals surface area (Å²) >= 11 is 3.22. The molecule has 0 amide bonds. The van der Waals surface area contributed by atoms with Gasteiger partial charge in [0, 0.05) is 52.7 Å². The van der Waals surface area contributed by atoms with Crippen LogP contribution in [0, 0.1) is 54.8 Å². The summed E-state index contributed by atoms with van der Waals surface area (Å²) < 4.78 is 5.85. The highest BCUT2D eigenvalue weighted by molar-refractivity contribution is 9.09. The fraction of sp³-hybridized carbons (Fsp3) is 0.237. The van der Waals surface area contributed by atoms with Crippen LogP contribution in [0.5, 0.6) is 0 Å². The van der Waals surface area contributed by atoms with Gasteiger partial charge in [0.05, 0.1) is 116 Å². The van der Waals surface area contributed by atoms with Crippen LogP contribution in [0.15, 0.2) is 110 Å². The molecule has 1 saturated heterocycles. The van der Waals surface area contributed by atoms with E-state index in [2.05, 4.69) is 54.0 Å². The lowest BCUT2D eigenvalue weighted by molar-refractivity contribution is 0.0915. The molecular weight excluding hydrogens is 1020 g/mol. The van der Waals surface area contributed by atoms with Gasteiger partial charge in [0.2, 0.25) is 0 Å². The van der Waals surface area contributed by atoms with Crippen molar-refractivity contribution in [1.29, 1.82) is 15.8 Å². The van der Waals surface area contributed by atoms with E-state index < -0.39 is 0 Å². The second-order valence-electron chi connectivity index (χ2n) is 18.3. The number of rotatable bonds is 12. The molecule has 1 fully saturated rings. The molecule has 9 aromatic rings. The van der Waals surface area contributed by atoms with E-state index in [9.17, 15) is 29.7 Å². The molecule has 10 rings (SSSR count). The third kappa shape index (κ3) is 10.9. The van der Waals surface area contributed by atoms with Crippen molar-refractivity contribution in [1.82, 2.24) is 33.6 Å².